The molecule has 0 radical (unpaired) electrons. The number of para-hydroxylation sites is 1. The lowest BCUT2D eigenvalue weighted by Gasteiger charge is -2.20. The van der Waals surface area contributed by atoms with Gasteiger partial charge in [0.2, 0.25) is 0 Å². The quantitative estimate of drug-likeness (QED) is 0.706. The fourth-order valence-corrected chi connectivity index (χ4v) is 3.15. The molecule has 5 heteroatoms. The Balaban J connectivity index is 2.16. The Morgan fingerprint density at radius 2 is 1.81 bits per heavy atom. The number of fused-ring (bicyclic) bond motifs is 1. The number of nitrogens with zero attached hydrogens (tertiary/aromatic N) is 2. The molecular weight excluding hydrogens is 328 g/mol. The molecule has 0 aliphatic heterocycles. The smallest absolute Gasteiger partial charge is 0.327 e. The summed E-state index contributed by atoms with van der Waals surface area (Å²) in [5.74, 6) is -0.482. The van der Waals surface area contributed by atoms with E-state index in [4.69, 9.17) is 0 Å². The van der Waals surface area contributed by atoms with Crippen LogP contribution in [-0.4, -0.2) is 20.6 Å². The molecule has 2 aromatic carbocycles. The van der Waals surface area contributed by atoms with E-state index >= 15 is 0 Å². The van der Waals surface area contributed by atoms with E-state index in [2.05, 4.69) is 11.9 Å². The maximum absolute atomic E-state index is 13.1. The third-order valence-corrected chi connectivity index (χ3v) is 4.50. The van der Waals surface area contributed by atoms with Crippen molar-refractivity contribution >= 4 is 16.9 Å². The molecule has 134 valence electrons. The summed E-state index contributed by atoms with van der Waals surface area (Å²) in [6.07, 6.45) is 2.62. The zero-order valence-corrected chi connectivity index (χ0v) is 14.8. The lowest BCUT2D eigenvalue weighted by molar-refractivity contribution is -0.141. The van der Waals surface area contributed by atoms with E-state index in [1.54, 1.807) is 18.2 Å². The van der Waals surface area contributed by atoms with Gasteiger partial charge < -0.3 is 5.11 Å². The minimum absolute atomic E-state index is 0.245. The Bertz CT molecular complexity index is 964. The van der Waals surface area contributed by atoms with Gasteiger partial charge in [0.05, 0.1) is 10.9 Å². The first-order valence-electron chi connectivity index (χ1n) is 8.88. The lowest BCUT2D eigenvalue weighted by Crippen LogP contribution is -2.34. The maximum Gasteiger partial charge on any atom is 0.327 e. The second-order valence-corrected chi connectivity index (χ2v) is 6.37. The van der Waals surface area contributed by atoms with Crippen molar-refractivity contribution in [3.8, 4) is 0 Å². The van der Waals surface area contributed by atoms with Crippen LogP contribution in [0.15, 0.2) is 59.4 Å². The van der Waals surface area contributed by atoms with Gasteiger partial charge in [-0.25, -0.2) is 9.78 Å². The molecule has 0 aliphatic carbocycles. The minimum Gasteiger partial charge on any atom is -0.480 e. The second kappa shape index (κ2) is 7.95. The Morgan fingerprint density at radius 1 is 1.12 bits per heavy atom. The summed E-state index contributed by atoms with van der Waals surface area (Å²) < 4.78 is 1.38. The molecule has 0 saturated carbocycles. The highest BCUT2D eigenvalue weighted by molar-refractivity contribution is 5.78. The molecule has 1 aromatic heterocycles. The largest absolute Gasteiger partial charge is 0.480 e. The molecular formula is C21H22N2O3. The molecule has 1 N–H and O–H groups in total. The van der Waals surface area contributed by atoms with Crippen LogP contribution in [0.3, 0.4) is 0 Å². The van der Waals surface area contributed by atoms with Crippen LogP contribution in [0, 0.1) is 0 Å². The van der Waals surface area contributed by atoms with Crippen molar-refractivity contribution in [2.24, 2.45) is 0 Å². The van der Waals surface area contributed by atoms with E-state index in [0.717, 1.165) is 18.4 Å². The van der Waals surface area contributed by atoms with Crippen LogP contribution in [0.1, 0.15) is 37.2 Å². The van der Waals surface area contributed by atoms with Crippen LogP contribution in [0.25, 0.3) is 10.9 Å². The Morgan fingerprint density at radius 3 is 2.50 bits per heavy atom. The summed E-state index contributed by atoms with van der Waals surface area (Å²) in [7, 11) is 0. The summed E-state index contributed by atoms with van der Waals surface area (Å²) in [5.41, 5.74) is 1.20. The maximum atomic E-state index is 13.1. The van der Waals surface area contributed by atoms with Crippen LogP contribution in [0.5, 0.6) is 0 Å². The van der Waals surface area contributed by atoms with E-state index < -0.39 is 12.0 Å². The van der Waals surface area contributed by atoms with Gasteiger partial charge in [0, 0.05) is 12.8 Å². The lowest BCUT2D eigenvalue weighted by atomic mass is 10.0. The zero-order chi connectivity index (χ0) is 18.5. The number of aromatic nitrogens is 2. The summed E-state index contributed by atoms with van der Waals surface area (Å²) in [6.45, 7) is 2.06. The molecule has 0 fully saturated rings. The van der Waals surface area contributed by atoms with Gasteiger partial charge in [0.1, 0.15) is 11.9 Å². The highest BCUT2D eigenvalue weighted by Crippen LogP contribution is 2.18. The van der Waals surface area contributed by atoms with Gasteiger partial charge in [0.15, 0.2) is 0 Å². The molecule has 3 rings (SSSR count). The Labute approximate surface area is 151 Å². The summed E-state index contributed by atoms with van der Waals surface area (Å²) >= 11 is 0. The molecule has 0 aliphatic rings. The number of carbonyl (C=O) groups is 1. The zero-order valence-electron chi connectivity index (χ0n) is 14.8. The van der Waals surface area contributed by atoms with Gasteiger partial charge in [-0.3, -0.25) is 9.36 Å². The first kappa shape index (κ1) is 17.9. The van der Waals surface area contributed by atoms with Crippen LogP contribution in [-0.2, 0) is 17.6 Å². The number of aryl methyl sites for hydroxylation is 1. The van der Waals surface area contributed by atoms with Crippen LogP contribution >= 0.6 is 0 Å². The molecule has 0 saturated heterocycles. The average molecular weight is 350 g/mol. The number of aliphatic carboxylic acids is 1. The first-order chi connectivity index (χ1) is 12.6. The van der Waals surface area contributed by atoms with E-state index in [0.29, 0.717) is 23.1 Å². The standard InChI is InChI=1S/C21H22N2O3/c1-2-3-13-19-22-17-12-8-7-11-16(17)20(24)23(19)18(21(25)26)14-15-9-5-4-6-10-15/h4-12,18H,2-3,13-14H2,1H3,(H,25,26)/t18-/m0/s1. The number of hydrogen-bond acceptors (Lipinski definition) is 3. The number of benzene rings is 2. The minimum atomic E-state index is -1.02. The third-order valence-electron chi connectivity index (χ3n) is 4.50. The van der Waals surface area contributed by atoms with Crippen molar-refractivity contribution in [3.63, 3.8) is 0 Å². The average Bonchev–Trinajstić information content (AvgIpc) is 2.66. The van der Waals surface area contributed by atoms with Crippen molar-refractivity contribution in [1.29, 1.82) is 0 Å². The summed E-state index contributed by atoms with van der Waals surface area (Å²) in [5, 5.41) is 10.3. The molecule has 0 spiro atoms. The number of carboxylic acids is 1. The van der Waals surface area contributed by atoms with E-state index in [1.807, 2.05) is 36.4 Å². The van der Waals surface area contributed by atoms with Crippen molar-refractivity contribution in [2.75, 3.05) is 0 Å². The predicted molar refractivity (Wildman–Crippen MR) is 101 cm³/mol. The van der Waals surface area contributed by atoms with E-state index in [9.17, 15) is 14.7 Å². The number of hydrogen-bond donors (Lipinski definition) is 1. The van der Waals surface area contributed by atoms with Crippen LogP contribution < -0.4 is 5.56 Å². The number of rotatable bonds is 7. The van der Waals surface area contributed by atoms with Crippen LogP contribution in [0.2, 0.25) is 0 Å². The first-order valence-corrected chi connectivity index (χ1v) is 8.88. The molecule has 1 heterocycles. The molecule has 0 unspecified atom stereocenters. The van der Waals surface area contributed by atoms with E-state index in [1.165, 1.54) is 4.57 Å². The molecule has 3 aromatic rings. The Kier molecular flexibility index (Phi) is 5.46. The second-order valence-electron chi connectivity index (χ2n) is 6.37. The highest BCUT2D eigenvalue weighted by Gasteiger charge is 2.25. The third kappa shape index (κ3) is 3.67. The molecule has 0 amide bonds. The molecule has 0 bridgehead atoms. The van der Waals surface area contributed by atoms with Gasteiger partial charge in [-0.1, -0.05) is 55.8 Å². The fraction of sp³-hybridized carbons (Fsp3) is 0.286. The van der Waals surface area contributed by atoms with Crippen LogP contribution in [0.4, 0.5) is 0 Å². The number of unbranched alkanes of at least 4 members (excludes halogenated alkanes) is 1. The SMILES string of the molecule is CCCCc1nc2ccccc2c(=O)n1[C@@H](Cc1ccccc1)C(=O)O. The molecule has 1 atom stereocenters. The summed E-state index contributed by atoms with van der Waals surface area (Å²) in [6, 6.07) is 15.5. The normalized spacial score (nSPS) is 12.2. The van der Waals surface area contributed by atoms with E-state index in [-0.39, 0.29) is 12.0 Å². The van der Waals surface area contributed by atoms with Gasteiger partial charge in [0.25, 0.3) is 5.56 Å². The Hall–Kier alpha value is -2.95. The predicted octanol–water partition coefficient (Wildman–Crippen LogP) is 3.61. The van der Waals surface area contributed by atoms with Crippen molar-refractivity contribution in [1.82, 2.24) is 9.55 Å². The molecule has 5 nitrogen and oxygen atoms in total. The monoisotopic (exact) mass is 350 g/mol. The fourth-order valence-electron chi connectivity index (χ4n) is 3.15. The van der Waals surface area contributed by atoms with Crippen molar-refractivity contribution in [2.45, 2.75) is 38.6 Å². The van der Waals surface area contributed by atoms with Gasteiger partial charge in [-0.15, -0.1) is 0 Å². The van der Waals surface area contributed by atoms with Gasteiger partial charge in [-0.05, 0) is 24.1 Å². The summed E-state index contributed by atoms with van der Waals surface area (Å²) in [4.78, 5) is 29.8. The van der Waals surface area contributed by atoms with Gasteiger partial charge in [-0.2, -0.15) is 0 Å². The van der Waals surface area contributed by atoms with Gasteiger partial charge >= 0.3 is 5.97 Å². The molecule has 26 heavy (non-hydrogen) atoms. The topological polar surface area (TPSA) is 72.2 Å². The van der Waals surface area contributed by atoms with Crippen molar-refractivity contribution in [3.05, 3.63) is 76.3 Å². The number of carboxylic acid groups (broad SMARTS) is 1. The van der Waals surface area contributed by atoms with Crippen molar-refractivity contribution < 1.29 is 9.90 Å². The highest BCUT2D eigenvalue weighted by atomic mass is 16.4.